The SMILES string of the molecule is O=C(O)C1(c2csc3c2CCCC3)CCC1. The zero-order valence-corrected chi connectivity index (χ0v) is 10.1. The predicted octanol–water partition coefficient (Wildman–Crippen LogP) is 3.13. The first-order valence-electron chi connectivity index (χ1n) is 6.07. The van der Waals surface area contributed by atoms with Gasteiger partial charge in [-0.2, -0.15) is 0 Å². The van der Waals surface area contributed by atoms with Crippen molar-refractivity contribution >= 4 is 17.3 Å². The molecular formula is C13H16O2S. The molecular weight excluding hydrogens is 220 g/mol. The van der Waals surface area contributed by atoms with Gasteiger partial charge in [-0.15, -0.1) is 11.3 Å². The number of carbonyl (C=O) groups is 1. The monoisotopic (exact) mass is 236 g/mol. The van der Waals surface area contributed by atoms with Gasteiger partial charge in [-0.1, -0.05) is 6.42 Å². The summed E-state index contributed by atoms with van der Waals surface area (Å²) in [6.07, 6.45) is 7.51. The normalized spacial score (nSPS) is 22.2. The van der Waals surface area contributed by atoms with Crippen LogP contribution in [0, 0.1) is 0 Å². The molecule has 1 N–H and O–H groups in total. The molecule has 1 fully saturated rings. The van der Waals surface area contributed by atoms with E-state index >= 15 is 0 Å². The first-order valence-corrected chi connectivity index (χ1v) is 6.95. The number of rotatable bonds is 2. The molecule has 1 aromatic rings. The van der Waals surface area contributed by atoms with Crippen LogP contribution in [0.15, 0.2) is 5.38 Å². The number of aliphatic carboxylic acids is 1. The van der Waals surface area contributed by atoms with Gasteiger partial charge in [0.25, 0.3) is 0 Å². The van der Waals surface area contributed by atoms with Gasteiger partial charge in [0.05, 0.1) is 5.41 Å². The maximum Gasteiger partial charge on any atom is 0.314 e. The van der Waals surface area contributed by atoms with Crippen molar-refractivity contribution in [3.05, 3.63) is 21.4 Å². The van der Waals surface area contributed by atoms with Gasteiger partial charge in [-0.05, 0) is 55.0 Å². The summed E-state index contributed by atoms with van der Waals surface area (Å²) in [5.74, 6) is -0.607. The summed E-state index contributed by atoms with van der Waals surface area (Å²) in [6.45, 7) is 0. The second-order valence-electron chi connectivity index (χ2n) is 5.00. The lowest BCUT2D eigenvalue weighted by atomic mass is 9.63. The van der Waals surface area contributed by atoms with Crippen molar-refractivity contribution in [1.82, 2.24) is 0 Å². The Kier molecular flexibility index (Phi) is 2.32. The molecule has 0 saturated heterocycles. The smallest absolute Gasteiger partial charge is 0.314 e. The number of hydrogen-bond acceptors (Lipinski definition) is 2. The average molecular weight is 236 g/mol. The minimum Gasteiger partial charge on any atom is -0.481 e. The molecule has 3 rings (SSSR count). The van der Waals surface area contributed by atoms with Crippen molar-refractivity contribution in [2.45, 2.75) is 50.4 Å². The van der Waals surface area contributed by atoms with Crippen molar-refractivity contribution in [3.63, 3.8) is 0 Å². The summed E-state index contributed by atoms with van der Waals surface area (Å²) in [6, 6.07) is 0. The molecule has 0 aromatic carbocycles. The number of carboxylic acid groups (broad SMARTS) is 1. The third kappa shape index (κ3) is 1.27. The summed E-state index contributed by atoms with van der Waals surface area (Å²) in [7, 11) is 0. The fourth-order valence-corrected chi connectivity index (χ4v) is 4.27. The van der Waals surface area contributed by atoms with E-state index < -0.39 is 11.4 Å². The molecule has 0 atom stereocenters. The Labute approximate surface area is 99.3 Å². The topological polar surface area (TPSA) is 37.3 Å². The van der Waals surface area contributed by atoms with Gasteiger partial charge >= 0.3 is 5.97 Å². The quantitative estimate of drug-likeness (QED) is 0.856. The van der Waals surface area contributed by atoms with Crippen molar-refractivity contribution in [2.24, 2.45) is 0 Å². The molecule has 0 bridgehead atoms. The molecule has 2 nitrogen and oxygen atoms in total. The van der Waals surface area contributed by atoms with Crippen LogP contribution in [0.2, 0.25) is 0 Å². The number of aryl methyl sites for hydroxylation is 1. The molecule has 3 heteroatoms. The molecule has 0 unspecified atom stereocenters. The standard InChI is InChI=1S/C13H16O2S/c14-12(15)13(6-3-7-13)10-8-16-11-5-2-1-4-9(10)11/h8H,1-7H2,(H,14,15). The van der Waals surface area contributed by atoms with Crippen molar-refractivity contribution in [1.29, 1.82) is 0 Å². The molecule has 16 heavy (non-hydrogen) atoms. The van der Waals surface area contributed by atoms with Gasteiger partial charge in [0, 0.05) is 4.88 Å². The molecule has 1 saturated carbocycles. The number of carboxylic acids is 1. The van der Waals surface area contributed by atoms with Crippen LogP contribution in [-0.2, 0) is 23.1 Å². The minimum absolute atomic E-state index is 0.512. The third-order valence-corrected chi connectivity index (χ3v) is 5.28. The lowest BCUT2D eigenvalue weighted by Crippen LogP contribution is -2.42. The molecule has 1 heterocycles. The zero-order valence-electron chi connectivity index (χ0n) is 9.29. The molecule has 2 aliphatic rings. The van der Waals surface area contributed by atoms with E-state index in [-0.39, 0.29) is 0 Å². The highest BCUT2D eigenvalue weighted by atomic mass is 32.1. The van der Waals surface area contributed by atoms with Crippen molar-refractivity contribution < 1.29 is 9.90 Å². The lowest BCUT2D eigenvalue weighted by molar-refractivity contribution is -0.147. The van der Waals surface area contributed by atoms with Crippen LogP contribution in [-0.4, -0.2) is 11.1 Å². The molecule has 1 aromatic heterocycles. The Morgan fingerprint density at radius 2 is 2.00 bits per heavy atom. The van der Waals surface area contributed by atoms with E-state index in [0.29, 0.717) is 0 Å². The molecule has 0 aliphatic heterocycles. The molecule has 86 valence electrons. The van der Waals surface area contributed by atoms with Crippen LogP contribution in [0.4, 0.5) is 0 Å². The molecule has 2 aliphatic carbocycles. The predicted molar refractivity (Wildman–Crippen MR) is 64.1 cm³/mol. The number of hydrogen-bond donors (Lipinski definition) is 1. The Morgan fingerprint density at radius 3 is 2.62 bits per heavy atom. The van der Waals surface area contributed by atoms with Crippen molar-refractivity contribution in [2.75, 3.05) is 0 Å². The Hall–Kier alpha value is -0.830. The number of fused-ring (bicyclic) bond motifs is 1. The van der Waals surface area contributed by atoms with Gasteiger partial charge < -0.3 is 5.11 Å². The summed E-state index contributed by atoms with van der Waals surface area (Å²) < 4.78 is 0. The van der Waals surface area contributed by atoms with Gasteiger partial charge in [0.2, 0.25) is 0 Å². The first kappa shape index (κ1) is 10.3. The maximum absolute atomic E-state index is 11.5. The van der Waals surface area contributed by atoms with Gasteiger partial charge in [-0.3, -0.25) is 4.79 Å². The Morgan fingerprint density at radius 1 is 1.25 bits per heavy atom. The minimum atomic E-state index is -0.607. The van der Waals surface area contributed by atoms with Crippen LogP contribution in [0.3, 0.4) is 0 Å². The van der Waals surface area contributed by atoms with Crippen LogP contribution >= 0.6 is 11.3 Å². The maximum atomic E-state index is 11.5. The fraction of sp³-hybridized carbons (Fsp3) is 0.615. The van der Waals surface area contributed by atoms with Crippen LogP contribution in [0.1, 0.15) is 48.1 Å². The molecule has 0 spiro atoms. The summed E-state index contributed by atoms with van der Waals surface area (Å²) in [5, 5.41) is 11.6. The molecule has 0 radical (unpaired) electrons. The van der Waals surface area contributed by atoms with Crippen LogP contribution in [0.5, 0.6) is 0 Å². The van der Waals surface area contributed by atoms with Gasteiger partial charge in [0.15, 0.2) is 0 Å². The molecule has 0 amide bonds. The van der Waals surface area contributed by atoms with E-state index in [2.05, 4.69) is 5.38 Å². The van der Waals surface area contributed by atoms with Gasteiger partial charge in [0.1, 0.15) is 0 Å². The average Bonchev–Trinajstić information content (AvgIpc) is 2.61. The zero-order chi connectivity index (χ0) is 11.2. The third-order valence-electron chi connectivity index (χ3n) is 4.19. The van der Waals surface area contributed by atoms with Crippen LogP contribution < -0.4 is 0 Å². The van der Waals surface area contributed by atoms with E-state index in [1.807, 2.05) is 0 Å². The summed E-state index contributed by atoms with van der Waals surface area (Å²) in [4.78, 5) is 12.9. The highest BCUT2D eigenvalue weighted by Crippen LogP contribution is 2.48. The fourth-order valence-electron chi connectivity index (χ4n) is 3.02. The van der Waals surface area contributed by atoms with Crippen LogP contribution in [0.25, 0.3) is 0 Å². The summed E-state index contributed by atoms with van der Waals surface area (Å²) in [5.41, 5.74) is 2.03. The van der Waals surface area contributed by atoms with Gasteiger partial charge in [-0.25, -0.2) is 0 Å². The largest absolute Gasteiger partial charge is 0.481 e. The van der Waals surface area contributed by atoms with E-state index in [1.165, 1.54) is 23.3 Å². The Bertz CT molecular complexity index is 429. The summed E-state index contributed by atoms with van der Waals surface area (Å²) >= 11 is 1.78. The van der Waals surface area contributed by atoms with E-state index in [4.69, 9.17) is 0 Å². The van der Waals surface area contributed by atoms with Crippen molar-refractivity contribution in [3.8, 4) is 0 Å². The highest BCUT2D eigenvalue weighted by molar-refractivity contribution is 7.10. The second-order valence-corrected chi connectivity index (χ2v) is 5.96. The number of thiophene rings is 1. The second kappa shape index (κ2) is 3.59. The first-order chi connectivity index (χ1) is 7.74. The Balaban J connectivity index is 2.05. The highest BCUT2D eigenvalue weighted by Gasteiger charge is 2.48. The van der Waals surface area contributed by atoms with E-state index in [1.54, 1.807) is 11.3 Å². The van der Waals surface area contributed by atoms with E-state index in [9.17, 15) is 9.90 Å². The van der Waals surface area contributed by atoms with E-state index in [0.717, 1.165) is 37.7 Å². The lowest BCUT2D eigenvalue weighted by Gasteiger charge is -2.38.